The largest absolute Gasteiger partial charge is 0.310 e. The normalized spacial score (nSPS) is 17.9. The molecule has 2 rings (SSSR count). The summed E-state index contributed by atoms with van der Waals surface area (Å²) in [5.41, 5.74) is 1.13. The topological polar surface area (TPSA) is 15.3 Å². The number of hydrogen-bond acceptors (Lipinski definition) is 3. The zero-order valence-electron chi connectivity index (χ0n) is 12.6. The highest BCUT2D eigenvalue weighted by Crippen LogP contribution is 2.31. The third-order valence-electron chi connectivity index (χ3n) is 3.84. The van der Waals surface area contributed by atoms with Gasteiger partial charge in [-0.3, -0.25) is 0 Å². The van der Waals surface area contributed by atoms with Crippen molar-refractivity contribution in [1.29, 1.82) is 0 Å². The molecule has 0 amide bonds. The van der Waals surface area contributed by atoms with Crippen molar-refractivity contribution in [2.45, 2.75) is 25.8 Å². The minimum Gasteiger partial charge on any atom is -0.310 e. The van der Waals surface area contributed by atoms with Gasteiger partial charge < -0.3 is 10.2 Å². The van der Waals surface area contributed by atoms with Gasteiger partial charge in [0.25, 0.3) is 0 Å². The maximum Gasteiger partial charge on any atom is 0.0640 e. The molecule has 21 heavy (non-hydrogen) atoms. The molecule has 1 aliphatic heterocycles. The smallest absolute Gasteiger partial charge is 0.0640 e. The molecular formula is C16H24Cl2N2S. The Labute approximate surface area is 142 Å². The molecule has 1 aromatic rings. The third kappa shape index (κ3) is 5.33. The Morgan fingerprint density at radius 1 is 1.29 bits per heavy atom. The summed E-state index contributed by atoms with van der Waals surface area (Å²) in [6.45, 7) is 6.71. The molecule has 1 saturated heterocycles. The average molecular weight is 347 g/mol. The van der Waals surface area contributed by atoms with E-state index in [2.05, 4.69) is 35.0 Å². The molecular weight excluding hydrogens is 323 g/mol. The van der Waals surface area contributed by atoms with Crippen LogP contribution in [0.3, 0.4) is 0 Å². The molecule has 0 aromatic heterocycles. The van der Waals surface area contributed by atoms with Crippen LogP contribution in [-0.4, -0.2) is 42.6 Å². The number of rotatable bonds is 7. The molecule has 2 nitrogen and oxygen atoms in total. The van der Waals surface area contributed by atoms with Crippen molar-refractivity contribution in [3.8, 4) is 0 Å². The molecule has 1 aromatic carbocycles. The monoisotopic (exact) mass is 346 g/mol. The maximum absolute atomic E-state index is 6.40. The lowest BCUT2D eigenvalue weighted by Gasteiger charge is -2.29. The van der Waals surface area contributed by atoms with Crippen LogP contribution in [-0.2, 0) is 0 Å². The molecule has 0 bridgehead atoms. The van der Waals surface area contributed by atoms with Crippen molar-refractivity contribution in [2.24, 2.45) is 0 Å². The summed E-state index contributed by atoms with van der Waals surface area (Å²) >= 11 is 14.6. The molecule has 0 saturated carbocycles. The molecule has 1 unspecified atom stereocenters. The highest BCUT2D eigenvalue weighted by atomic mass is 35.5. The number of nitrogens with one attached hydrogen (secondary N) is 1. The number of hydrogen-bond donors (Lipinski definition) is 1. The van der Waals surface area contributed by atoms with Gasteiger partial charge in [0.15, 0.2) is 0 Å². The molecule has 1 atom stereocenters. The number of halogens is 2. The minimum absolute atomic E-state index is 0.283. The second-order valence-corrected chi connectivity index (χ2v) is 7.40. The fraction of sp³-hybridized carbons (Fsp3) is 0.625. The molecule has 1 heterocycles. The van der Waals surface area contributed by atoms with Gasteiger partial charge in [0, 0.05) is 37.2 Å². The predicted molar refractivity (Wildman–Crippen MR) is 95.9 cm³/mol. The first kappa shape index (κ1) is 17.4. The Morgan fingerprint density at radius 3 is 2.76 bits per heavy atom. The average Bonchev–Trinajstić information content (AvgIpc) is 2.52. The van der Waals surface area contributed by atoms with Crippen LogP contribution >= 0.6 is 35.0 Å². The highest BCUT2D eigenvalue weighted by Gasteiger charge is 2.18. The first-order valence-electron chi connectivity index (χ1n) is 7.69. The van der Waals surface area contributed by atoms with Gasteiger partial charge in [-0.25, -0.2) is 0 Å². The zero-order valence-corrected chi connectivity index (χ0v) is 14.9. The van der Waals surface area contributed by atoms with E-state index < -0.39 is 0 Å². The summed E-state index contributed by atoms with van der Waals surface area (Å²) < 4.78 is 0. The summed E-state index contributed by atoms with van der Waals surface area (Å²) in [6, 6.07) is 6.22. The van der Waals surface area contributed by atoms with Crippen LogP contribution < -0.4 is 5.32 Å². The fourth-order valence-electron chi connectivity index (χ4n) is 2.61. The van der Waals surface area contributed by atoms with Gasteiger partial charge in [-0.2, -0.15) is 11.8 Å². The van der Waals surface area contributed by atoms with Crippen LogP contribution in [0.25, 0.3) is 0 Å². The lowest BCUT2D eigenvalue weighted by atomic mass is 10.0. The SMILES string of the molecule is CCCNC(CCN1CCSCC1)c1cccc(Cl)c1Cl. The van der Waals surface area contributed by atoms with Crippen LogP contribution in [0.15, 0.2) is 18.2 Å². The molecule has 1 fully saturated rings. The number of nitrogens with zero attached hydrogens (tertiary/aromatic N) is 1. The van der Waals surface area contributed by atoms with Crippen LogP contribution in [0.1, 0.15) is 31.4 Å². The first-order chi connectivity index (χ1) is 10.2. The molecule has 0 spiro atoms. The van der Waals surface area contributed by atoms with Gasteiger partial charge in [0.1, 0.15) is 0 Å². The van der Waals surface area contributed by atoms with Crippen LogP contribution in [0.5, 0.6) is 0 Å². The van der Waals surface area contributed by atoms with Crippen molar-refractivity contribution >= 4 is 35.0 Å². The van der Waals surface area contributed by atoms with Crippen LogP contribution in [0.2, 0.25) is 10.0 Å². The molecule has 0 aliphatic carbocycles. The predicted octanol–water partition coefficient (Wildman–Crippen LogP) is 4.47. The molecule has 1 aliphatic rings. The maximum atomic E-state index is 6.40. The van der Waals surface area contributed by atoms with E-state index in [1.54, 1.807) is 0 Å². The summed E-state index contributed by atoms with van der Waals surface area (Å²) in [7, 11) is 0. The fourth-order valence-corrected chi connectivity index (χ4v) is 4.03. The van der Waals surface area contributed by atoms with E-state index in [1.807, 2.05) is 12.1 Å². The van der Waals surface area contributed by atoms with Crippen molar-refractivity contribution < 1.29 is 0 Å². The van der Waals surface area contributed by atoms with E-state index in [-0.39, 0.29) is 6.04 Å². The Balaban J connectivity index is 2.01. The molecule has 0 radical (unpaired) electrons. The van der Waals surface area contributed by atoms with Gasteiger partial charge >= 0.3 is 0 Å². The van der Waals surface area contributed by atoms with Crippen molar-refractivity contribution in [3.63, 3.8) is 0 Å². The molecule has 1 N–H and O–H groups in total. The summed E-state index contributed by atoms with van der Waals surface area (Å²) in [4.78, 5) is 2.55. The summed E-state index contributed by atoms with van der Waals surface area (Å²) in [5, 5.41) is 4.96. The van der Waals surface area contributed by atoms with Crippen LogP contribution in [0.4, 0.5) is 0 Å². The number of benzene rings is 1. The van der Waals surface area contributed by atoms with E-state index in [0.29, 0.717) is 10.0 Å². The standard InChI is InChI=1S/C16H24Cl2N2S/c1-2-7-19-15(6-8-20-9-11-21-12-10-20)13-4-3-5-14(17)16(13)18/h3-5,15,19H,2,6-12H2,1H3. The Kier molecular flexibility index (Phi) is 7.69. The lowest BCUT2D eigenvalue weighted by molar-refractivity contribution is 0.281. The third-order valence-corrected chi connectivity index (χ3v) is 5.61. The second kappa shape index (κ2) is 9.26. The Hall–Kier alpha value is 0.0700. The van der Waals surface area contributed by atoms with Gasteiger partial charge in [-0.05, 0) is 31.0 Å². The van der Waals surface area contributed by atoms with Crippen molar-refractivity contribution in [1.82, 2.24) is 10.2 Å². The van der Waals surface area contributed by atoms with Crippen LogP contribution in [0, 0.1) is 0 Å². The van der Waals surface area contributed by atoms with E-state index in [1.165, 1.54) is 24.6 Å². The molecule has 5 heteroatoms. The van der Waals surface area contributed by atoms with Crippen molar-refractivity contribution in [2.75, 3.05) is 37.7 Å². The quantitative estimate of drug-likeness (QED) is 0.783. The zero-order chi connectivity index (χ0) is 15.1. The number of thioether (sulfide) groups is 1. The first-order valence-corrected chi connectivity index (χ1v) is 9.60. The highest BCUT2D eigenvalue weighted by molar-refractivity contribution is 7.99. The Morgan fingerprint density at radius 2 is 2.05 bits per heavy atom. The van der Waals surface area contributed by atoms with Gasteiger partial charge in [0.05, 0.1) is 10.0 Å². The van der Waals surface area contributed by atoms with Gasteiger partial charge in [0.2, 0.25) is 0 Å². The summed E-state index contributed by atoms with van der Waals surface area (Å²) in [6.07, 6.45) is 2.19. The minimum atomic E-state index is 0.283. The second-order valence-electron chi connectivity index (χ2n) is 5.39. The lowest BCUT2D eigenvalue weighted by Crippen LogP contribution is -2.35. The van der Waals surface area contributed by atoms with E-state index in [4.69, 9.17) is 23.2 Å². The van der Waals surface area contributed by atoms with Crippen molar-refractivity contribution in [3.05, 3.63) is 33.8 Å². The van der Waals surface area contributed by atoms with E-state index >= 15 is 0 Å². The molecule has 118 valence electrons. The van der Waals surface area contributed by atoms with E-state index in [0.717, 1.165) is 31.5 Å². The van der Waals surface area contributed by atoms with E-state index in [9.17, 15) is 0 Å². The Bertz CT molecular complexity index is 436. The van der Waals surface area contributed by atoms with Gasteiger partial charge in [-0.15, -0.1) is 0 Å². The summed E-state index contributed by atoms with van der Waals surface area (Å²) in [5.74, 6) is 2.51. The van der Waals surface area contributed by atoms with Gasteiger partial charge in [-0.1, -0.05) is 42.3 Å².